The Bertz CT molecular complexity index is 1500. The molecule has 0 aliphatic carbocycles. The number of ether oxygens (including phenoxy) is 1. The Kier molecular flexibility index (Phi) is 10.0. The van der Waals surface area contributed by atoms with Crippen LogP contribution in [0.5, 0.6) is 5.75 Å². The van der Waals surface area contributed by atoms with Crippen LogP contribution in [0.2, 0.25) is 5.02 Å². The quantitative estimate of drug-likeness (QED) is 0.106. The van der Waals surface area contributed by atoms with Gasteiger partial charge >= 0.3 is 0 Å². The minimum absolute atomic E-state index is 0.00866. The highest BCUT2D eigenvalue weighted by atomic mass is 35.5. The van der Waals surface area contributed by atoms with Crippen LogP contribution >= 0.6 is 46.9 Å². The smallest absolute Gasteiger partial charge is 0.180 e. The van der Waals surface area contributed by atoms with Gasteiger partial charge in [0.05, 0.1) is 17.1 Å². The van der Waals surface area contributed by atoms with E-state index in [1.807, 2.05) is 13.0 Å². The average molecular weight is 594 g/mol. The predicted octanol–water partition coefficient (Wildman–Crippen LogP) is 6.23. The Balaban J connectivity index is 1.56. The molecule has 2 N–H and O–H groups in total. The van der Waals surface area contributed by atoms with Gasteiger partial charge in [-0.05, 0) is 56.2 Å². The number of unbranched alkanes of at least 4 members (excludes halogenated alkanes) is 1. The lowest BCUT2D eigenvalue weighted by atomic mass is 10.0. The maximum Gasteiger partial charge on any atom is 0.180 e. The Morgan fingerprint density at radius 2 is 2.13 bits per heavy atom. The highest BCUT2D eigenvalue weighted by molar-refractivity contribution is 8.01. The Hall–Kier alpha value is -2.64. The zero-order chi connectivity index (χ0) is 27.1. The fourth-order valence-corrected chi connectivity index (χ4v) is 6.20. The van der Waals surface area contributed by atoms with E-state index in [1.165, 1.54) is 29.8 Å². The van der Waals surface area contributed by atoms with Crippen LogP contribution in [-0.4, -0.2) is 49.6 Å². The second kappa shape index (κ2) is 13.4. The number of thioether (sulfide) groups is 1. The van der Waals surface area contributed by atoms with Gasteiger partial charge in [-0.1, -0.05) is 34.7 Å². The monoisotopic (exact) mass is 593 g/mol. The third-order valence-corrected chi connectivity index (χ3v) is 8.20. The molecule has 4 rings (SSSR count). The standard InChI is InChI=1S/C25H25ClFN5O3S3/c1-2-35-22-12-21-18(23(29-14-28-21)30-16-5-6-20(27)19(26)11-16)10-15(22)9-17(34)13-32-25(36)38-24(31-32)37-8-4-3-7-33/h5-6,10-12,14,33H,2-4,7-9,13H2,1H3,(H,28,29,30). The fourth-order valence-electron chi connectivity index (χ4n) is 3.62. The van der Waals surface area contributed by atoms with E-state index in [-0.39, 0.29) is 30.4 Å². The van der Waals surface area contributed by atoms with Crippen molar-refractivity contribution in [3.63, 3.8) is 0 Å². The first-order valence-corrected chi connectivity index (χ1v) is 14.4. The molecule has 0 aliphatic heterocycles. The first-order chi connectivity index (χ1) is 18.4. The van der Waals surface area contributed by atoms with Crippen molar-refractivity contribution in [2.24, 2.45) is 0 Å². The van der Waals surface area contributed by atoms with Gasteiger partial charge in [-0.15, -0.1) is 0 Å². The van der Waals surface area contributed by atoms with Gasteiger partial charge in [-0.2, -0.15) is 5.10 Å². The van der Waals surface area contributed by atoms with Crippen molar-refractivity contribution in [3.8, 4) is 5.75 Å². The molecular formula is C25H25ClFN5O3S3. The molecule has 4 aromatic rings. The van der Waals surface area contributed by atoms with Crippen molar-refractivity contribution in [1.29, 1.82) is 0 Å². The van der Waals surface area contributed by atoms with E-state index in [4.69, 9.17) is 33.7 Å². The molecule has 2 aromatic carbocycles. The third-order valence-electron chi connectivity index (χ3n) is 5.38. The molecule has 0 amide bonds. The summed E-state index contributed by atoms with van der Waals surface area (Å²) in [4.78, 5) is 21.8. The lowest BCUT2D eigenvalue weighted by Crippen LogP contribution is -2.14. The number of anilines is 2. The van der Waals surface area contributed by atoms with Gasteiger partial charge in [0.25, 0.3) is 0 Å². The summed E-state index contributed by atoms with van der Waals surface area (Å²) in [5, 5.41) is 17.2. The van der Waals surface area contributed by atoms with E-state index in [1.54, 1.807) is 28.6 Å². The van der Waals surface area contributed by atoms with Crippen molar-refractivity contribution in [2.75, 3.05) is 24.3 Å². The molecule has 200 valence electrons. The molecule has 0 aliphatic rings. The minimum atomic E-state index is -0.514. The summed E-state index contributed by atoms with van der Waals surface area (Å²) in [6.07, 6.45) is 3.13. The minimum Gasteiger partial charge on any atom is -0.494 e. The number of fused-ring (bicyclic) bond motifs is 1. The topological polar surface area (TPSA) is 102 Å². The van der Waals surface area contributed by atoms with Gasteiger partial charge in [0.1, 0.15) is 30.3 Å². The number of Topliss-reactive ketones (excluding diaryl/α,β-unsaturated/α-hetero) is 1. The van der Waals surface area contributed by atoms with Crippen LogP contribution in [0, 0.1) is 9.77 Å². The van der Waals surface area contributed by atoms with Crippen LogP contribution in [0.3, 0.4) is 0 Å². The number of halogens is 2. The normalized spacial score (nSPS) is 11.2. The molecule has 0 radical (unpaired) electrons. The Morgan fingerprint density at radius 3 is 2.89 bits per heavy atom. The number of nitrogens with one attached hydrogen (secondary N) is 1. The van der Waals surface area contributed by atoms with Crippen molar-refractivity contribution in [3.05, 3.63) is 57.0 Å². The molecule has 0 spiro atoms. The first kappa shape index (κ1) is 28.4. The Morgan fingerprint density at radius 1 is 1.29 bits per heavy atom. The molecule has 8 nitrogen and oxygen atoms in total. The van der Waals surface area contributed by atoms with Gasteiger partial charge in [0.15, 0.2) is 14.1 Å². The molecule has 0 fully saturated rings. The molecule has 0 atom stereocenters. The van der Waals surface area contributed by atoms with Gasteiger partial charge in [0.2, 0.25) is 0 Å². The third kappa shape index (κ3) is 7.26. The summed E-state index contributed by atoms with van der Waals surface area (Å²) >= 11 is 14.3. The van der Waals surface area contributed by atoms with Crippen molar-refractivity contribution in [1.82, 2.24) is 19.7 Å². The van der Waals surface area contributed by atoms with E-state index in [2.05, 4.69) is 20.4 Å². The fraction of sp³-hybridized carbons (Fsp3) is 0.320. The van der Waals surface area contributed by atoms with Gasteiger partial charge in [-0.3, -0.25) is 4.79 Å². The maximum atomic E-state index is 13.6. The summed E-state index contributed by atoms with van der Waals surface area (Å²) in [5.74, 6) is 1.28. The van der Waals surface area contributed by atoms with E-state index in [9.17, 15) is 9.18 Å². The highest BCUT2D eigenvalue weighted by Crippen LogP contribution is 2.31. The van der Waals surface area contributed by atoms with Crippen LogP contribution in [0.15, 0.2) is 41.0 Å². The number of hydrogen-bond donors (Lipinski definition) is 2. The number of rotatable bonds is 13. The molecule has 2 aromatic heterocycles. The number of carbonyl (C=O) groups is 1. The van der Waals surface area contributed by atoms with Crippen molar-refractivity contribution in [2.45, 2.75) is 37.1 Å². The zero-order valence-corrected chi connectivity index (χ0v) is 23.7. The number of aliphatic hydroxyl groups is 1. The van der Waals surface area contributed by atoms with Crippen LogP contribution in [-0.2, 0) is 17.8 Å². The number of hydrogen-bond acceptors (Lipinski definition) is 10. The van der Waals surface area contributed by atoms with E-state index in [0.717, 1.165) is 22.9 Å². The highest BCUT2D eigenvalue weighted by Gasteiger charge is 2.16. The van der Waals surface area contributed by atoms with Gasteiger partial charge in [-0.25, -0.2) is 19.0 Å². The van der Waals surface area contributed by atoms with E-state index < -0.39 is 5.82 Å². The lowest BCUT2D eigenvalue weighted by molar-refractivity contribution is -0.119. The number of aliphatic hydroxyl groups excluding tert-OH is 1. The number of carbonyl (C=O) groups excluding carboxylic acids is 1. The number of ketones is 1. The first-order valence-electron chi connectivity index (χ1n) is 11.8. The summed E-state index contributed by atoms with van der Waals surface area (Å²) in [6.45, 7) is 2.50. The predicted molar refractivity (Wildman–Crippen MR) is 152 cm³/mol. The number of benzene rings is 2. The van der Waals surface area contributed by atoms with Crippen LogP contribution < -0.4 is 10.1 Å². The molecule has 0 bridgehead atoms. The van der Waals surface area contributed by atoms with Crippen LogP contribution in [0.4, 0.5) is 15.9 Å². The number of aromatic nitrogens is 4. The molecule has 13 heteroatoms. The second-order valence-electron chi connectivity index (χ2n) is 8.17. The molecule has 38 heavy (non-hydrogen) atoms. The molecule has 0 unspecified atom stereocenters. The largest absolute Gasteiger partial charge is 0.494 e. The summed E-state index contributed by atoms with van der Waals surface area (Å²) in [6, 6.07) is 7.91. The van der Waals surface area contributed by atoms with E-state index >= 15 is 0 Å². The molecule has 0 saturated heterocycles. The summed E-state index contributed by atoms with van der Waals surface area (Å²) in [5.41, 5.74) is 1.87. The summed E-state index contributed by atoms with van der Waals surface area (Å²) < 4.78 is 22.3. The van der Waals surface area contributed by atoms with Crippen molar-refractivity contribution < 1.29 is 19.0 Å². The number of nitrogens with zero attached hydrogens (tertiary/aromatic N) is 4. The van der Waals surface area contributed by atoms with Gasteiger partial charge in [0, 0.05) is 41.5 Å². The second-order valence-corrected chi connectivity index (χ2v) is 11.5. The SMILES string of the molecule is CCOc1cc2ncnc(Nc3ccc(F)c(Cl)c3)c2cc1CC(=O)Cn1nc(SCCCCO)sc1=S. The lowest BCUT2D eigenvalue weighted by Gasteiger charge is -2.14. The van der Waals surface area contributed by atoms with Gasteiger partial charge < -0.3 is 15.2 Å². The van der Waals surface area contributed by atoms with E-state index in [0.29, 0.717) is 44.3 Å². The molecular weight excluding hydrogens is 569 g/mol. The van der Waals surface area contributed by atoms with Crippen molar-refractivity contribution >= 4 is 75.1 Å². The average Bonchev–Trinajstić information content (AvgIpc) is 3.23. The Labute approximate surface area is 237 Å². The molecule has 2 heterocycles. The zero-order valence-electron chi connectivity index (χ0n) is 20.4. The van der Waals surface area contributed by atoms with Crippen LogP contribution in [0.25, 0.3) is 10.9 Å². The summed E-state index contributed by atoms with van der Waals surface area (Å²) in [7, 11) is 0. The maximum absolute atomic E-state index is 13.6. The van der Waals surface area contributed by atoms with Crippen LogP contribution in [0.1, 0.15) is 25.3 Å². The molecule has 0 saturated carbocycles.